The number of hydrogen-bond donors (Lipinski definition) is 3. The molecule has 0 saturated heterocycles. The van der Waals surface area contributed by atoms with Crippen LogP contribution < -0.4 is 16.4 Å². The molecule has 0 aliphatic heterocycles. The first kappa shape index (κ1) is 20.1. The molecule has 2 heterocycles. The van der Waals surface area contributed by atoms with Gasteiger partial charge in [0.05, 0.1) is 5.54 Å². The summed E-state index contributed by atoms with van der Waals surface area (Å²) >= 11 is 0. The number of urea groups is 1. The number of aromatic nitrogens is 4. The molecule has 4 N–H and O–H groups in total. The first-order valence-electron chi connectivity index (χ1n) is 9.05. The van der Waals surface area contributed by atoms with Crippen LogP contribution >= 0.6 is 0 Å². The molecular formula is C20H22FN7O. The van der Waals surface area contributed by atoms with Crippen molar-refractivity contribution in [2.45, 2.75) is 26.3 Å². The molecule has 9 heteroatoms. The molecule has 0 radical (unpaired) electrons. The molecule has 29 heavy (non-hydrogen) atoms. The van der Waals surface area contributed by atoms with Crippen molar-refractivity contribution < 1.29 is 9.18 Å². The molecule has 2 aromatic heterocycles. The summed E-state index contributed by atoms with van der Waals surface area (Å²) in [6.07, 6.45) is 0. The topological polar surface area (TPSA) is 111 Å². The van der Waals surface area contributed by atoms with Gasteiger partial charge < -0.3 is 20.9 Å². The van der Waals surface area contributed by atoms with Crippen LogP contribution in [0.15, 0.2) is 24.3 Å². The molecule has 0 unspecified atom stereocenters. The number of nitrogens with one attached hydrogen (secondary N) is 2. The number of anilines is 1. The second kappa shape index (κ2) is 7.75. The fourth-order valence-electron chi connectivity index (χ4n) is 2.76. The third-order valence-electron chi connectivity index (χ3n) is 4.08. The van der Waals surface area contributed by atoms with Crippen molar-refractivity contribution in [1.82, 2.24) is 30.2 Å². The van der Waals surface area contributed by atoms with Crippen LogP contribution in [-0.2, 0) is 7.05 Å². The van der Waals surface area contributed by atoms with Gasteiger partial charge in [-0.3, -0.25) is 0 Å². The van der Waals surface area contributed by atoms with Gasteiger partial charge in [-0.15, -0.1) is 0 Å². The summed E-state index contributed by atoms with van der Waals surface area (Å²) in [5.74, 6) is 6.33. The number of nitrogens with two attached hydrogens (primary N) is 1. The predicted octanol–water partition coefficient (Wildman–Crippen LogP) is 2.20. The summed E-state index contributed by atoms with van der Waals surface area (Å²) in [5.41, 5.74) is 6.76. The van der Waals surface area contributed by atoms with Crippen molar-refractivity contribution >= 4 is 23.0 Å². The van der Waals surface area contributed by atoms with Gasteiger partial charge in [0.15, 0.2) is 17.0 Å². The molecule has 1 aromatic carbocycles. The molecule has 0 atom stereocenters. The number of amides is 2. The van der Waals surface area contributed by atoms with Crippen molar-refractivity contribution in [3.8, 4) is 23.2 Å². The SMILES string of the molecule is CCNC(=O)NC(C)(C)C#Cc1nc(N)c2nc(-c3cccc(F)c3)n(C)c2n1. The molecule has 0 saturated carbocycles. The molecule has 0 bridgehead atoms. The molecule has 0 aliphatic carbocycles. The maximum absolute atomic E-state index is 13.6. The Kier molecular flexibility index (Phi) is 5.37. The van der Waals surface area contributed by atoms with Crippen molar-refractivity contribution in [2.24, 2.45) is 7.05 Å². The molecular weight excluding hydrogens is 373 g/mol. The number of nitrogens with zero attached hydrogens (tertiary/aromatic N) is 4. The normalized spacial score (nSPS) is 11.1. The fourth-order valence-corrected chi connectivity index (χ4v) is 2.76. The largest absolute Gasteiger partial charge is 0.382 e. The quantitative estimate of drug-likeness (QED) is 0.589. The molecule has 0 fully saturated rings. The zero-order chi connectivity index (χ0) is 21.2. The van der Waals surface area contributed by atoms with Gasteiger partial charge in [0, 0.05) is 19.2 Å². The van der Waals surface area contributed by atoms with Crippen LogP contribution in [0.25, 0.3) is 22.6 Å². The third-order valence-corrected chi connectivity index (χ3v) is 4.08. The van der Waals surface area contributed by atoms with Gasteiger partial charge in [0.25, 0.3) is 0 Å². The minimum atomic E-state index is -0.800. The Morgan fingerprint density at radius 2 is 2.07 bits per heavy atom. The van der Waals surface area contributed by atoms with Gasteiger partial charge in [0.2, 0.25) is 5.82 Å². The molecule has 150 valence electrons. The van der Waals surface area contributed by atoms with E-state index >= 15 is 0 Å². The Morgan fingerprint density at radius 1 is 1.31 bits per heavy atom. The summed E-state index contributed by atoms with van der Waals surface area (Å²) < 4.78 is 15.3. The zero-order valence-corrected chi connectivity index (χ0v) is 16.7. The van der Waals surface area contributed by atoms with E-state index in [-0.39, 0.29) is 23.5 Å². The minimum Gasteiger partial charge on any atom is -0.382 e. The zero-order valence-electron chi connectivity index (χ0n) is 16.7. The second-order valence-electron chi connectivity index (χ2n) is 6.97. The van der Waals surface area contributed by atoms with Gasteiger partial charge >= 0.3 is 6.03 Å². The molecule has 3 aromatic rings. The number of imidazole rings is 1. The third kappa shape index (κ3) is 4.43. The molecule has 8 nitrogen and oxygen atoms in total. The highest BCUT2D eigenvalue weighted by atomic mass is 19.1. The van der Waals surface area contributed by atoms with Crippen LogP contribution in [0.4, 0.5) is 15.0 Å². The Morgan fingerprint density at radius 3 is 2.76 bits per heavy atom. The minimum absolute atomic E-state index is 0.173. The summed E-state index contributed by atoms with van der Waals surface area (Å²) in [5, 5.41) is 5.41. The summed E-state index contributed by atoms with van der Waals surface area (Å²) in [7, 11) is 1.76. The van der Waals surface area contributed by atoms with E-state index in [0.717, 1.165) is 0 Å². The lowest BCUT2D eigenvalue weighted by atomic mass is 10.1. The number of halogens is 1. The summed E-state index contributed by atoms with van der Waals surface area (Å²) in [6.45, 7) is 5.88. The molecule has 0 aliphatic rings. The van der Waals surface area contributed by atoms with Crippen molar-refractivity contribution in [2.75, 3.05) is 12.3 Å². The van der Waals surface area contributed by atoms with Crippen molar-refractivity contribution in [3.05, 3.63) is 35.9 Å². The van der Waals surface area contributed by atoms with E-state index in [4.69, 9.17) is 5.73 Å². The highest BCUT2D eigenvalue weighted by Crippen LogP contribution is 2.25. The van der Waals surface area contributed by atoms with Crippen LogP contribution in [0.1, 0.15) is 26.6 Å². The number of carbonyl (C=O) groups is 1. The van der Waals surface area contributed by atoms with Gasteiger partial charge in [-0.05, 0) is 38.8 Å². The maximum atomic E-state index is 13.6. The number of hydrogen-bond acceptors (Lipinski definition) is 5. The van der Waals surface area contributed by atoms with E-state index in [0.29, 0.717) is 29.1 Å². The number of nitrogen functional groups attached to an aromatic ring is 1. The Balaban J connectivity index is 1.98. The number of fused-ring (bicyclic) bond motifs is 1. The van der Waals surface area contributed by atoms with Crippen molar-refractivity contribution in [3.63, 3.8) is 0 Å². The number of carbonyl (C=O) groups excluding carboxylic acids is 1. The smallest absolute Gasteiger partial charge is 0.315 e. The standard InChI is InChI=1S/C20H22FN7O/c1-5-23-19(29)27-20(2,3)10-9-14-24-16(22)15-18(25-14)28(4)17(26-15)12-7-6-8-13(21)11-12/h6-8,11H,5H2,1-4H3,(H2,22,24,25)(H2,23,27,29). The number of aryl methyl sites for hydroxylation is 1. The van der Waals surface area contributed by atoms with Crippen LogP contribution in [0.2, 0.25) is 0 Å². The summed E-state index contributed by atoms with van der Waals surface area (Å²) in [4.78, 5) is 24.8. The van der Waals surface area contributed by atoms with Crippen molar-refractivity contribution in [1.29, 1.82) is 0 Å². The van der Waals surface area contributed by atoms with E-state index in [1.807, 2.05) is 6.92 Å². The van der Waals surface area contributed by atoms with Crippen LogP contribution in [-0.4, -0.2) is 37.6 Å². The average molecular weight is 395 g/mol. The molecule has 2 amide bonds. The Hall–Kier alpha value is -3.67. The van der Waals surface area contributed by atoms with Crippen LogP contribution in [0, 0.1) is 17.7 Å². The fraction of sp³-hybridized carbons (Fsp3) is 0.300. The van der Waals surface area contributed by atoms with Gasteiger partial charge in [0.1, 0.15) is 11.6 Å². The first-order chi connectivity index (χ1) is 13.7. The lowest BCUT2D eigenvalue weighted by molar-refractivity contribution is 0.236. The molecule has 0 spiro atoms. The van der Waals surface area contributed by atoms with E-state index < -0.39 is 5.54 Å². The second-order valence-corrected chi connectivity index (χ2v) is 6.97. The van der Waals surface area contributed by atoms with Gasteiger partial charge in [-0.1, -0.05) is 18.1 Å². The lowest BCUT2D eigenvalue weighted by Crippen LogP contribution is -2.47. The first-order valence-corrected chi connectivity index (χ1v) is 9.05. The monoisotopic (exact) mass is 395 g/mol. The van der Waals surface area contributed by atoms with Gasteiger partial charge in [-0.2, -0.15) is 0 Å². The average Bonchev–Trinajstić information content (AvgIpc) is 2.97. The number of benzene rings is 1. The van der Waals surface area contributed by atoms with E-state index in [1.165, 1.54) is 12.1 Å². The van der Waals surface area contributed by atoms with E-state index in [9.17, 15) is 9.18 Å². The lowest BCUT2D eigenvalue weighted by Gasteiger charge is -2.19. The molecule has 3 rings (SSSR count). The van der Waals surface area contributed by atoms with Crippen LogP contribution in [0.3, 0.4) is 0 Å². The van der Waals surface area contributed by atoms with E-state index in [1.54, 1.807) is 37.6 Å². The van der Waals surface area contributed by atoms with Crippen LogP contribution in [0.5, 0.6) is 0 Å². The highest BCUT2D eigenvalue weighted by Gasteiger charge is 2.18. The summed E-state index contributed by atoms with van der Waals surface area (Å²) in [6, 6.07) is 5.81. The Bertz CT molecular complexity index is 1140. The maximum Gasteiger partial charge on any atom is 0.315 e. The predicted molar refractivity (Wildman–Crippen MR) is 109 cm³/mol. The highest BCUT2D eigenvalue weighted by molar-refractivity contribution is 5.85. The number of rotatable bonds is 3. The van der Waals surface area contributed by atoms with Gasteiger partial charge in [-0.25, -0.2) is 24.1 Å². The Labute approximate surface area is 167 Å². The van der Waals surface area contributed by atoms with E-state index in [2.05, 4.69) is 37.4 Å².